The third-order valence-electron chi connectivity index (χ3n) is 2.32. The maximum atomic E-state index is 13.5. The summed E-state index contributed by atoms with van der Waals surface area (Å²) >= 11 is 5.90. The van der Waals surface area contributed by atoms with E-state index in [9.17, 15) is 9.18 Å². The van der Waals surface area contributed by atoms with Crippen LogP contribution in [0.2, 0.25) is 5.02 Å². The summed E-state index contributed by atoms with van der Waals surface area (Å²) in [6.07, 6.45) is 0.169. The molecule has 3 nitrogen and oxygen atoms in total. The Morgan fingerprint density at radius 3 is 2.88 bits per heavy atom. The third kappa shape index (κ3) is 2.71. The molecule has 1 heterocycles. The number of halogens is 2. The number of hydrogen-bond donors (Lipinski definition) is 1. The van der Waals surface area contributed by atoms with Crippen LogP contribution in [-0.4, -0.2) is 9.97 Å². The monoisotopic (exact) mass is 252 g/mol. The number of nitrogens with zero attached hydrogens (tertiary/aromatic N) is 1. The second-order valence-corrected chi connectivity index (χ2v) is 4.12. The summed E-state index contributed by atoms with van der Waals surface area (Å²) in [5.41, 5.74) is 0.680. The topological polar surface area (TPSA) is 45.8 Å². The maximum absolute atomic E-state index is 13.5. The largest absolute Gasteiger partial charge is 0.310 e. The fourth-order valence-electron chi connectivity index (χ4n) is 1.59. The predicted octanol–water partition coefficient (Wildman–Crippen LogP) is 2.46. The molecule has 0 atom stereocenters. The second-order valence-electron chi connectivity index (χ2n) is 3.71. The average Bonchev–Trinajstić information content (AvgIpc) is 2.22. The number of aryl methyl sites for hydroxylation is 1. The van der Waals surface area contributed by atoms with Crippen molar-refractivity contribution < 1.29 is 4.39 Å². The van der Waals surface area contributed by atoms with Crippen molar-refractivity contribution in [3.8, 4) is 0 Å². The van der Waals surface area contributed by atoms with E-state index in [-0.39, 0.29) is 12.0 Å². The zero-order chi connectivity index (χ0) is 12.4. The molecule has 0 aliphatic rings. The van der Waals surface area contributed by atoms with Gasteiger partial charge in [-0.2, -0.15) is 0 Å². The van der Waals surface area contributed by atoms with Crippen LogP contribution in [0.3, 0.4) is 0 Å². The van der Waals surface area contributed by atoms with Crippen LogP contribution in [0.25, 0.3) is 0 Å². The zero-order valence-electron chi connectivity index (χ0n) is 9.13. The quantitative estimate of drug-likeness (QED) is 0.892. The molecule has 1 aromatic carbocycles. The molecule has 5 heteroatoms. The first kappa shape index (κ1) is 11.8. The first-order chi connectivity index (χ1) is 8.06. The van der Waals surface area contributed by atoms with Gasteiger partial charge >= 0.3 is 0 Å². The van der Waals surface area contributed by atoms with Gasteiger partial charge in [0.15, 0.2) is 0 Å². The van der Waals surface area contributed by atoms with E-state index in [0.717, 1.165) is 0 Å². The molecule has 1 aromatic heterocycles. The first-order valence-electron chi connectivity index (χ1n) is 5.06. The van der Waals surface area contributed by atoms with Crippen LogP contribution in [0.15, 0.2) is 29.1 Å². The van der Waals surface area contributed by atoms with Gasteiger partial charge < -0.3 is 4.98 Å². The molecule has 0 amide bonds. The Morgan fingerprint density at radius 1 is 1.47 bits per heavy atom. The Hall–Kier alpha value is -1.68. The zero-order valence-corrected chi connectivity index (χ0v) is 9.88. The van der Waals surface area contributed by atoms with Crippen molar-refractivity contribution in [2.24, 2.45) is 0 Å². The van der Waals surface area contributed by atoms with E-state index < -0.39 is 5.82 Å². The highest BCUT2D eigenvalue weighted by atomic mass is 35.5. The smallest absolute Gasteiger partial charge is 0.251 e. The highest BCUT2D eigenvalue weighted by molar-refractivity contribution is 6.31. The van der Waals surface area contributed by atoms with E-state index >= 15 is 0 Å². The molecular formula is C12H10ClFN2O. The molecule has 2 rings (SSSR count). The summed E-state index contributed by atoms with van der Waals surface area (Å²) in [6, 6.07) is 5.85. The van der Waals surface area contributed by atoms with E-state index in [1.807, 2.05) is 0 Å². The molecule has 88 valence electrons. The number of nitrogens with one attached hydrogen (secondary N) is 1. The van der Waals surface area contributed by atoms with Crippen LogP contribution in [-0.2, 0) is 6.42 Å². The summed E-state index contributed by atoms with van der Waals surface area (Å²) < 4.78 is 13.5. The minimum absolute atomic E-state index is 0.169. The molecule has 0 aliphatic heterocycles. The molecule has 0 bridgehead atoms. The lowest BCUT2D eigenvalue weighted by Crippen LogP contribution is -2.12. The lowest BCUT2D eigenvalue weighted by Gasteiger charge is -2.05. The molecule has 0 saturated heterocycles. The number of rotatable bonds is 2. The van der Waals surface area contributed by atoms with Crippen molar-refractivity contribution in [1.82, 2.24) is 9.97 Å². The van der Waals surface area contributed by atoms with Gasteiger partial charge in [0.25, 0.3) is 5.56 Å². The number of benzene rings is 1. The van der Waals surface area contributed by atoms with Crippen LogP contribution in [0.4, 0.5) is 4.39 Å². The van der Waals surface area contributed by atoms with Gasteiger partial charge in [-0.15, -0.1) is 0 Å². The molecule has 17 heavy (non-hydrogen) atoms. The second kappa shape index (κ2) is 4.67. The van der Waals surface area contributed by atoms with Crippen molar-refractivity contribution in [3.63, 3.8) is 0 Å². The number of hydrogen-bond acceptors (Lipinski definition) is 2. The number of aromatic amines is 1. The molecule has 0 saturated carbocycles. The van der Waals surface area contributed by atoms with Gasteiger partial charge in [-0.25, -0.2) is 9.37 Å². The molecule has 2 aromatic rings. The molecule has 1 N–H and O–H groups in total. The van der Waals surface area contributed by atoms with E-state index in [0.29, 0.717) is 22.1 Å². The van der Waals surface area contributed by atoms with Gasteiger partial charge in [0.2, 0.25) is 0 Å². The Labute approximate surface area is 102 Å². The van der Waals surface area contributed by atoms with Crippen molar-refractivity contribution in [2.45, 2.75) is 13.3 Å². The van der Waals surface area contributed by atoms with Crippen LogP contribution >= 0.6 is 11.6 Å². The Morgan fingerprint density at radius 2 is 2.24 bits per heavy atom. The van der Waals surface area contributed by atoms with E-state index in [1.165, 1.54) is 18.2 Å². The minimum Gasteiger partial charge on any atom is -0.310 e. The third-order valence-corrected chi connectivity index (χ3v) is 2.68. The minimum atomic E-state index is -0.401. The molecule has 0 fully saturated rings. The predicted molar refractivity (Wildman–Crippen MR) is 63.8 cm³/mol. The Bertz CT molecular complexity index is 589. The van der Waals surface area contributed by atoms with E-state index in [2.05, 4.69) is 9.97 Å². The highest BCUT2D eigenvalue weighted by Crippen LogP contribution is 2.20. The number of aromatic nitrogens is 2. The first-order valence-corrected chi connectivity index (χ1v) is 5.44. The maximum Gasteiger partial charge on any atom is 0.251 e. The van der Waals surface area contributed by atoms with E-state index in [1.54, 1.807) is 13.0 Å². The van der Waals surface area contributed by atoms with Gasteiger partial charge in [0.1, 0.15) is 11.6 Å². The lowest BCUT2D eigenvalue weighted by molar-refractivity contribution is 0.612. The van der Waals surface area contributed by atoms with Crippen LogP contribution in [0.1, 0.15) is 17.1 Å². The van der Waals surface area contributed by atoms with Crippen LogP contribution in [0.5, 0.6) is 0 Å². The molecule has 0 spiro atoms. The van der Waals surface area contributed by atoms with Gasteiger partial charge in [0.05, 0.1) is 0 Å². The highest BCUT2D eigenvalue weighted by Gasteiger charge is 2.09. The van der Waals surface area contributed by atoms with Crippen molar-refractivity contribution in [2.75, 3.05) is 0 Å². The van der Waals surface area contributed by atoms with Crippen molar-refractivity contribution >= 4 is 11.6 Å². The van der Waals surface area contributed by atoms with E-state index in [4.69, 9.17) is 11.6 Å². The van der Waals surface area contributed by atoms with Gasteiger partial charge in [-0.3, -0.25) is 4.79 Å². The molecule has 0 radical (unpaired) electrons. The van der Waals surface area contributed by atoms with Crippen LogP contribution in [0, 0.1) is 12.7 Å². The normalized spacial score (nSPS) is 10.5. The Kier molecular flexibility index (Phi) is 3.24. The molecule has 0 aliphatic carbocycles. The summed E-state index contributed by atoms with van der Waals surface area (Å²) in [6.45, 7) is 1.71. The van der Waals surface area contributed by atoms with Crippen molar-refractivity contribution in [1.29, 1.82) is 0 Å². The summed E-state index contributed by atoms with van der Waals surface area (Å²) in [7, 11) is 0. The van der Waals surface area contributed by atoms with Crippen molar-refractivity contribution in [3.05, 3.63) is 62.5 Å². The summed E-state index contributed by atoms with van der Waals surface area (Å²) in [5, 5.41) is 0.328. The fraction of sp³-hybridized carbons (Fsp3) is 0.167. The SMILES string of the molecule is Cc1cc(=O)[nH]c(Cc2c(F)cccc2Cl)n1. The molecule has 0 unspecified atom stereocenters. The number of H-pyrrole nitrogens is 1. The summed E-state index contributed by atoms with van der Waals surface area (Å²) in [5.74, 6) is 0.00338. The van der Waals surface area contributed by atoms with Gasteiger partial charge in [0, 0.05) is 28.8 Å². The fourth-order valence-corrected chi connectivity index (χ4v) is 1.82. The lowest BCUT2D eigenvalue weighted by atomic mass is 10.1. The van der Waals surface area contributed by atoms with Crippen LogP contribution < -0.4 is 5.56 Å². The summed E-state index contributed by atoms with van der Waals surface area (Å²) in [4.78, 5) is 17.9. The van der Waals surface area contributed by atoms with Gasteiger partial charge in [-0.1, -0.05) is 17.7 Å². The van der Waals surface area contributed by atoms with Gasteiger partial charge in [-0.05, 0) is 19.1 Å². The standard InChI is InChI=1S/C12H10ClFN2O/c1-7-5-12(17)16-11(15-7)6-8-9(13)3-2-4-10(8)14/h2-5H,6H2,1H3,(H,15,16,17). The average molecular weight is 253 g/mol. The molecular weight excluding hydrogens is 243 g/mol. The Balaban J connectivity index is 2.41.